The first kappa shape index (κ1) is 12.9. The van der Waals surface area contributed by atoms with E-state index in [1.807, 2.05) is 6.07 Å². The van der Waals surface area contributed by atoms with Gasteiger partial charge in [0.1, 0.15) is 5.75 Å². The lowest BCUT2D eigenvalue weighted by atomic mass is 10.1. The summed E-state index contributed by atoms with van der Waals surface area (Å²) in [4.78, 5) is 0. The Hall–Kier alpha value is -1.57. The normalized spacial score (nSPS) is 18.6. The molecule has 0 saturated carbocycles. The SMILES string of the molecule is COc1ccc(C#N)cc1COCC1CCOC1. The maximum atomic E-state index is 8.88. The van der Waals surface area contributed by atoms with Gasteiger partial charge in [0, 0.05) is 18.1 Å². The van der Waals surface area contributed by atoms with Crippen LogP contribution in [0.25, 0.3) is 0 Å². The second-order valence-electron chi connectivity index (χ2n) is 4.38. The monoisotopic (exact) mass is 247 g/mol. The number of nitrogens with zero attached hydrogens (tertiary/aromatic N) is 1. The van der Waals surface area contributed by atoms with Crippen LogP contribution in [-0.2, 0) is 16.1 Å². The maximum absolute atomic E-state index is 8.88. The summed E-state index contributed by atoms with van der Waals surface area (Å²) in [7, 11) is 1.62. The zero-order chi connectivity index (χ0) is 12.8. The molecule has 0 amide bonds. The van der Waals surface area contributed by atoms with E-state index in [0.717, 1.165) is 30.9 Å². The average molecular weight is 247 g/mol. The third-order valence-corrected chi connectivity index (χ3v) is 3.04. The number of hydrogen-bond acceptors (Lipinski definition) is 4. The molecule has 1 fully saturated rings. The van der Waals surface area contributed by atoms with E-state index in [1.165, 1.54) is 0 Å². The second kappa shape index (κ2) is 6.39. The van der Waals surface area contributed by atoms with E-state index < -0.39 is 0 Å². The van der Waals surface area contributed by atoms with Crippen molar-refractivity contribution < 1.29 is 14.2 Å². The first-order valence-corrected chi connectivity index (χ1v) is 6.06. The van der Waals surface area contributed by atoms with Gasteiger partial charge in [0.05, 0.1) is 38.6 Å². The van der Waals surface area contributed by atoms with Crippen LogP contribution in [0.15, 0.2) is 18.2 Å². The van der Waals surface area contributed by atoms with Gasteiger partial charge < -0.3 is 14.2 Å². The third kappa shape index (κ3) is 3.22. The Kier molecular flexibility index (Phi) is 4.57. The largest absolute Gasteiger partial charge is 0.496 e. The lowest BCUT2D eigenvalue weighted by Gasteiger charge is -2.11. The van der Waals surface area contributed by atoms with E-state index in [9.17, 15) is 0 Å². The molecule has 96 valence electrons. The second-order valence-corrected chi connectivity index (χ2v) is 4.38. The van der Waals surface area contributed by atoms with E-state index in [0.29, 0.717) is 24.7 Å². The Morgan fingerprint density at radius 3 is 3.06 bits per heavy atom. The zero-order valence-corrected chi connectivity index (χ0v) is 10.5. The number of rotatable bonds is 5. The number of hydrogen-bond donors (Lipinski definition) is 0. The van der Waals surface area contributed by atoms with Crippen LogP contribution in [0.2, 0.25) is 0 Å². The van der Waals surface area contributed by atoms with Crippen LogP contribution in [0.5, 0.6) is 5.75 Å². The van der Waals surface area contributed by atoms with Gasteiger partial charge in [0.25, 0.3) is 0 Å². The fourth-order valence-corrected chi connectivity index (χ4v) is 2.01. The van der Waals surface area contributed by atoms with Gasteiger partial charge in [-0.2, -0.15) is 5.26 Å². The minimum absolute atomic E-state index is 0.467. The minimum atomic E-state index is 0.467. The molecule has 2 rings (SSSR count). The molecule has 0 spiro atoms. The summed E-state index contributed by atoms with van der Waals surface area (Å²) >= 11 is 0. The molecular weight excluding hydrogens is 230 g/mol. The smallest absolute Gasteiger partial charge is 0.124 e. The summed E-state index contributed by atoms with van der Waals surface area (Å²) in [5.74, 6) is 1.26. The summed E-state index contributed by atoms with van der Waals surface area (Å²) in [6.07, 6.45) is 1.06. The lowest BCUT2D eigenvalue weighted by Crippen LogP contribution is -2.09. The third-order valence-electron chi connectivity index (χ3n) is 3.04. The van der Waals surface area contributed by atoms with Gasteiger partial charge in [-0.15, -0.1) is 0 Å². The van der Waals surface area contributed by atoms with Crippen LogP contribution in [0.3, 0.4) is 0 Å². The van der Waals surface area contributed by atoms with Crippen molar-refractivity contribution in [2.45, 2.75) is 13.0 Å². The summed E-state index contributed by atoms with van der Waals surface area (Å²) in [5, 5.41) is 8.88. The Bertz CT molecular complexity index is 433. The van der Waals surface area contributed by atoms with E-state index >= 15 is 0 Å². The lowest BCUT2D eigenvalue weighted by molar-refractivity contribution is 0.0780. The molecule has 1 atom stereocenters. The predicted octanol–water partition coefficient (Wildman–Crippen LogP) is 2.12. The highest BCUT2D eigenvalue weighted by Gasteiger charge is 2.15. The standard InChI is InChI=1S/C14H17NO3/c1-16-14-3-2-11(7-15)6-13(14)10-18-9-12-4-5-17-8-12/h2-3,6,12H,4-5,8-10H2,1H3. The van der Waals surface area contributed by atoms with Crippen molar-refractivity contribution in [1.82, 2.24) is 0 Å². The maximum Gasteiger partial charge on any atom is 0.124 e. The first-order valence-electron chi connectivity index (χ1n) is 6.06. The van der Waals surface area contributed by atoms with Crippen molar-refractivity contribution in [3.05, 3.63) is 29.3 Å². The quantitative estimate of drug-likeness (QED) is 0.799. The molecule has 4 nitrogen and oxygen atoms in total. The van der Waals surface area contributed by atoms with E-state index in [4.69, 9.17) is 19.5 Å². The van der Waals surface area contributed by atoms with Crippen molar-refractivity contribution in [3.63, 3.8) is 0 Å². The van der Waals surface area contributed by atoms with Crippen molar-refractivity contribution in [1.29, 1.82) is 5.26 Å². The molecule has 0 aliphatic carbocycles. The van der Waals surface area contributed by atoms with Crippen LogP contribution in [0, 0.1) is 17.2 Å². The van der Waals surface area contributed by atoms with Crippen molar-refractivity contribution >= 4 is 0 Å². The first-order chi connectivity index (χ1) is 8.83. The Balaban J connectivity index is 1.92. The molecule has 1 saturated heterocycles. The molecule has 1 heterocycles. The van der Waals surface area contributed by atoms with E-state index in [2.05, 4.69) is 6.07 Å². The van der Waals surface area contributed by atoms with Crippen molar-refractivity contribution in [2.24, 2.45) is 5.92 Å². The fourth-order valence-electron chi connectivity index (χ4n) is 2.01. The Morgan fingerprint density at radius 2 is 2.39 bits per heavy atom. The molecule has 0 bridgehead atoms. The molecule has 1 aliphatic heterocycles. The number of nitriles is 1. The van der Waals surface area contributed by atoms with E-state index in [-0.39, 0.29) is 0 Å². The number of benzene rings is 1. The van der Waals surface area contributed by atoms with Crippen LogP contribution >= 0.6 is 0 Å². The van der Waals surface area contributed by atoms with E-state index in [1.54, 1.807) is 19.2 Å². The van der Waals surface area contributed by atoms with Gasteiger partial charge >= 0.3 is 0 Å². The molecule has 1 aliphatic rings. The topological polar surface area (TPSA) is 51.5 Å². The molecular formula is C14H17NO3. The highest BCUT2D eigenvalue weighted by atomic mass is 16.5. The molecule has 0 aromatic heterocycles. The highest BCUT2D eigenvalue weighted by Crippen LogP contribution is 2.21. The molecule has 4 heteroatoms. The number of methoxy groups -OCH3 is 1. The van der Waals surface area contributed by atoms with Gasteiger partial charge in [-0.05, 0) is 24.6 Å². The van der Waals surface area contributed by atoms with Crippen LogP contribution in [-0.4, -0.2) is 26.9 Å². The van der Waals surface area contributed by atoms with Crippen LogP contribution in [0.1, 0.15) is 17.5 Å². The van der Waals surface area contributed by atoms with Gasteiger partial charge in [-0.3, -0.25) is 0 Å². The molecule has 0 radical (unpaired) electrons. The summed E-state index contributed by atoms with van der Waals surface area (Å²) < 4.78 is 16.2. The highest BCUT2D eigenvalue weighted by molar-refractivity contribution is 5.41. The Morgan fingerprint density at radius 1 is 1.50 bits per heavy atom. The van der Waals surface area contributed by atoms with Crippen molar-refractivity contribution in [3.8, 4) is 11.8 Å². The summed E-state index contributed by atoms with van der Waals surface area (Å²) in [5.41, 5.74) is 1.54. The Labute approximate surface area is 107 Å². The minimum Gasteiger partial charge on any atom is -0.496 e. The molecule has 18 heavy (non-hydrogen) atoms. The van der Waals surface area contributed by atoms with Crippen LogP contribution in [0.4, 0.5) is 0 Å². The summed E-state index contributed by atoms with van der Waals surface area (Å²) in [6, 6.07) is 7.47. The molecule has 1 aromatic carbocycles. The molecule has 0 N–H and O–H groups in total. The van der Waals surface area contributed by atoms with Gasteiger partial charge in [0.2, 0.25) is 0 Å². The fraction of sp³-hybridized carbons (Fsp3) is 0.500. The zero-order valence-electron chi connectivity index (χ0n) is 10.5. The number of ether oxygens (including phenoxy) is 3. The molecule has 1 unspecified atom stereocenters. The van der Waals surface area contributed by atoms with Gasteiger partial charge in [-0.25, -0.2) is 0 Å². The van der Waals surface area contributed by atoms with Crippen molar-refractivity contribution in [2.75, 3.05) is 26.9 Å². The molecule has 1 aromatic rings. The van der Waals surface area contributed by atoms with Gasteiger partial charge in [-0.1, -0.05) is 0 Å². The summed E-state index contributed by atoms with van der Waals surface area (Å²) in [6.45, 7) is 2.78. The average Bonchev–Trinajstić information content (AvgIpc) is 2.92. The predicted molar refractivity (Wildman–Crippen MR) is 66.3 cm³/mol. The van der Waals surface area contributed by atoms with Crippen LogP contribution < -0.4 is 4.74 Å². The van der Waals surface area contributed by atoms with Gasteiger partial charge in [0.15, 0.2) is 0 Å².